The lowest BCUT2D eigenvalue weighted by Crippen LogP contribution is -2.23. The molecule has 0 aliphatic heterocycles. The van der Waals surface area contributed by atoms with Crippen molar-refractivity contribution < 1.29 is 4.79 Å². The molecule has 170 valence electrons. The molecule has 0 atom stereocenters. The van der Waals surface area contributed by atoms with Crippen molar-refractivity contribution in [2.75, 3.05) is 10.2 Å². The normalized spacial score (nSPS) is 10.9. The summed E-state index contributed by atoms with van der Waals surface area (Å²) in [6.07, 6.45) is 0. The zero-order valence-electron chi connectivity index (χ0n) is 19.2. The maximum absolute atomic E-state index is 12.5. The van der Waals surface area contributed by atoms with E-state index in [0.29, 0.717) is 10.9 Å². The number of nitrogens with zero attached hydrogens (tertiary/aromatic N) is 4. The third kappa shape index (κ3) is 5.26. The van der Waals surface area contributed by atoms with Gasteiger partial charge in [0.2, 0.25) is 11.0 Å². The van der Waals surface area contributed by atoms with Crippen molar-refractivity contribution in [3.63, 3.8) is 0 Å². The first-order valence-electron chi connectivity index (χ1n) is 10.4. The molecule has 4 aromatic rings. The highest BCUT2D eigenvalue weighted by molar-refractivity contribution is 8.00. The van der Waals surface area contributed by atoms with Gasteiger partial charge >= 0.3 is 0 Å². The van der Waals surface area contributed by atoms with Crippen LogP contribution in [0.1, 0.15) is 34.9 Å². The minimum absolute atomic E-state index is 0.0523. The molecule has 0 unspecified atom stereocenters. The molecule has 33 heavy (non-hydrogen) atoms. The van der Waals surface area contributed by atoms with E-state index in [-0.39, 0.29) is 5.91 Å². The number of anilines is 4. The maximum Gasteiger partial charge on any atom is 0.230 e. The second-order valence-electron chi connectivity index (χ2n) is 7.73. The summed E-state index contributed by atoms with van der Waals surface area (Å²) in [6, 6.07) is 12.2. The predicted molar refractivity (Wildman–Crippen MR) is 140 cm³/mol. The molecule has 4 rings (SSSR count). The predicted octanol–water partition coefficient (Wildman–Crippen LogP) is 6.95. The fourth-order valence-electron chi connectivity index (χ4n) is 3.31. The lowest BCUT2D eigenvalue weighted by atomic mass is 10.1. The molecule has 0 radical (unpaired) electrons. The minimum atomic E-state index is -0.0523. The molecule has 6 nitrogen and oxygen atoms in total. The summed E-state index contributed by atoms with van der Waals surface area (Å²) in [5, 5.41) is 15.4. The molecule has 9 heteroatoms. The number of thiazole rings is 1. The highest BCUT2D eigenvalue weighted by Gasteiger charge is 2.20. The Morgan fingerprint density at radius 3 is 2.52 bits per heavy atom. The van der Waals surface area contributed by atoms with Crippen molar-refractivity contribution in [3.05, 3.63) is 69.7 Å². The largest absolute Gasteiger partial charge is 0.330 e. The molecule has 1 amide bonds. The van der Waals surface area contributed by atoms with Crippen molar-refractivity contribution in [2.45, 2.75) is 44.7 Å². The van der Waals surface area contributed by atoms with E-state index in [0.717, 1.165) is 37.7 Å². The van der Waals surface area contributed by atoms with Gasteiger partial charge in [0, 0.05) is 23.7 Å². The monoisotopic (exact) mass is 495 g/mol. The van der Waals surface area contributed by atoms with Gasteiger partial charge in [-0.2, -0.15) is 0 Å². The smallest absolute Gasteiger partial charge is 0.230 e. The summed E-state index contributed by atoms with van der Waals surface area (Å²) in [7, 11) is 0. The van der Waals surface area contributed by atoms with Crippen LogP contribution < -0.4 is 10.2 Å². The number of carbonyl (C=O) groups is 1. The average molecular weight is 496 g/mol. The highest BCUT2D eigenvalue weighted by atomic mass is 32.2. The van der Waals surface area contributed by atoms with E-state index in [1.165, 1.54) is 33.8 Å². The number of aromatic nitrogens is 3. The number of rotatable bonds is 7. The van der Waals surface area contributed by atoms with Crippen LogP contribution in [0.15, 0.2) is 46.1 Å². The molecule has 2 aromatic heterocycles. The van der Waals surface area contributed by atoms with Crippen LogP contribution in [-0.2, 0) is 10.5 Å². The fourth-order valence-corrected chi connectivity index (χ4v) is 5.95. The van der Waals surface area contributed by atoms with Crippen LogP contribution in [0.5, 0.6) is 0 Å². The summed E-state index contributed by atoms with van der Waals surface area (Å²) in [6.45, 7) is 9.84. The number of amides is 1. The van der Waals surface area contributed by atoms with E-state index >= 15 is 0 Å². The summed E-state index contributed by atoms with van der Waals surface area (Å²) in [5.74, 6) is 0.608. The molecule has 0 saturated heterocycles. The van der Waals surface area contributed by atoms with Gasteiger partial charge in [0.1, 0.15) is 0 Å². The van der Waals surface area contributed by atoms with Crippen LogP contribution in [0.2, 0.25) is 0 Å². The fraction of sp³-hybridized carbons (Fsp3) is 0.250. The first-order valence-corrected chi connectivity index (χ1v) is 13.1. The van der Waals surface area contributed by atoms with Crippen molar-refractivity contribution in [3.8, 4) is 0 Å². The first kappa shape index (κ1) is 23.4. The van der Waals surface area contributed by atoms with Gasteiger partial charge in [0.15, 0.2) is 9.47 Å². The Hall–Kier alpha value is -2.75. The Balaban J connectivity index is 1.44. The molecule has 0 saturated carbocycles. The van der Waals surface area contributed by atoms with Gasteiger partial charge < -0.3 is 5.32 Å². The van der Waals surface area contributed by atoms with Crippen molar-refractivity contribution >= 4 is 62.0 Å². The number of hydrogen-bond donors (Lipinski definition) is 1. The van der Waals surface area contributed by atoms with Crippen molar-refractivity contribution in [1.82, 2.24) is 15.2 Å². The molecule has 0 bridgehead atoms. The number of thioether (sulfide) groups is 1. The van der Waals surface area contributed by atoms with Gasteiger partial charge in [-0.15, -0.1) is 21.5 Å². The van der Waals surface area contributed by atoms with E-state index in [1.807, 2.05) is 49.6 Å². The lowest BCUT2D eigenvalue weighted by molar-refractivity contribution is -0.115. The average Bonchev–Trinajstić information content (AvgIpc) is 3.42. The van der Waals surface area contributed by atoms with Crippen LogP contribution in [0.3, 0.4) is 0 Å². The summed E-state index contributed by atoms with van der Waals surface area (Å²) < 4.78 is 0.871. The number of hydrogen-bond acceptors (Lipinski definition) is 8. The Kier molecular flexibility index (Phi) is 7.11. The first-order chi connectivity index (χ1) is 15.8. The van der Waals surface area contributed by atoms with E-state index in [2.05, 4.69) is 35.4 Å². The summed E-state index contributed by atoms with van der Waals surface area (Å²) in [5.41, 5.74) is 7.50. The number of carbonyl (C=O) groups excluding carboxylic acids is 1. The molecule has 2 aromatic carbocycles. The van der Waals surface area contributed by atoms with Crippen LogP contribution in [0, 0.1) is 27.7 Å². The SMILES string of the molecule is CC(=O)N(c1nc(CSc2nnc(Nc3cccc(C)c3C)s2)cs1)c1cccc(C)c1C. The van der Waals surface area contributed by atoms with Gasteiger partial charge in [-0.1, -0.05) is 47.4 Å². The van der Waals surface area contributed by atoms with Crippen LogP contribution in [0.4, 0.5) is 21.6 Å². The minimum Gasteiger partial charge on any atom is -0.330 e. The van der Waals surface area contributed by atoms with Gasteiger partial charge in [-0.3, -0.25) is 9.69 Å². The zero-order valence-corrected chi connectivity index (χ0v) is 21.6. The Morgan fingerprint density at radius 1 is 1.03 bits per heavy atom. The highest BCUT2D eigenvalue weighted by Crippen LogP contribution is 2.35. The third-order valence-corrected chi connectivity index (χ3v) is 8.34. The molecule has 1 N–H and O–H groups in total. The zero-order chi connectivity index (χ0) is 23.5. The maximum atomic E-state index is 12.5. The summed E-state index contributed by atoms with van der Waals surface area (Å²) >= 11 is 4.59. The molecule has 0 spiro atoms. The van der Waals surface area contributed by atoms with Gasteiger partial charge in [-0.05, 0) is 62.1 Å². The molecular weight excluding hydrogens is 470 g/mol. The third-order valence-electron chi connectivity index (χ3n) is 5.46. The van der Waals surface area contributed by atoms with Gasteiger partial charge in [0.25, 0.3) is 0 Å². The second kappa shape index (κ2) is 10.0. The Labute approximate surface area is 206 Å². The van der Waals surface area contributed by atoms with E-state index in [1.54, 1.807) is 23.6 Å². The number of aryl methyl sites for hydroxylation is 2. The number of benzene rings is 2. The molecule has 0 aliphatic rings. The molecule has 0 fully saturated rings. The van der Waals surface area contributed by atoms with Crippen LogP contribution in [0.25, 0.3) is 0 Å². The number of nitrogens with one attached hydrogen (secondary N) is 1. The van der Waals surface area contributed by atoms with Crippen LogP contribution >= 0.6 is 34.4 Å². The lowest BCUT2D eigenvalue weighted by Gasteiger charge is -2.21. The summed E-state index contributed by atoms with van der Waals surface area (Å²) in [4.78, 5) is 18.9. The van der Waals surface area contributed by atoms with Gasteiger partial charge in [0.05, 0.1) is 11.4 Å². The Morgan fingerprint density at radius 2 is 1.76 bits per heavy atom. The molecular formula is C24H25N5OS3. The van der Waals surface area contributed by atoms with Crippen molar-refractivity contribution in [1.29, 1.82) is 0 Å². The molecule has 2 heterocycles. The molecule has 0 aliphatic carbocycles. The topological polar surface area (TPSA) is 71.0 Å². The van der Waals surface area contributed by atoms with E-state index in [9.17, 15) is 4.79 Å². The van der Waals surface area contributed by atoms with E-state index in [4.69, 9.17) is 4.98 Å². The standard InChI is InChI=1S/C24H25N5OS3/c1-14-8-6-10-20(16(14)3)26-22-27-28-24(33-22)32-13-19-12-31-23(25-19)29(18(5)30)21-11-7-9-15(2)17(21)4/h6-12H,13H2,1-5H3,(H,26,27). The second-order valence-corrected chi connectivity index (χ2v) is 10.8. The van der Waals surface area contributed by atoms with Gasteiger partial charge in [-0.25, -0.2) is 4.98 Å². The Bertz CT molecular complexity index is 1300. The van der Waals surface area contributed by atoms with E-state index < -0.39 is 0 Å². The van der Waals surface area contributed by atoms with Crippen molar-refractivity contribution in [2.24, 2.45) is 0 Å². The van der Waals surface area contributed by atoms with Crippen LogP contribution in [-0.4, -0.2) is 21.1 Å². The quantitative estimate of drug-likeness (QED) is 0.280.